The molecule has 14 heavy (non-hydrogen) atoms. The van der Waals surface area contributed by atoms with Gasteiger partial charge in [-0.05, 0) is 24.5 Å². The molecular weight excluding hydrogens is 206 g/mol. The summed E-state index contributed by atoms with van der Waals surface area (Å²) in [5.41, 5.74) is 0.293. The van der Waals surface area contributed by atoms with Gasteiger partial charge in [0.25, 0.3) is 0 Å². The van der Waals surface area contributed by atoms with E-state index in [4.69, 9.17) is 11.6 Å². The zero-order valence-corrected chi connectivity index (χ0v) is 9.04. The van der Waals surface area contributed by atoms with Gasteiger partial charge in [-0.15, -0.1) is 0 Å². The van der Waals surface area contributed by atoms with Crippen molar-refractivity contribution in [2.24, 2.45) is 5.92 Å². The summed E-state index contributed by atoms with van der Waals surface area (Å²) in [6, 6.07) is 2.18. The first kappa shape index (κ1) is 11.4. The molecule has 0 aliphatic heterocycles. The summed E-state index contributed by atoms with van der Waals surface area (Å²) >= 11 is 5.68. The molecule has 0 N–H and O–H groups in total. The van der Waals surface area contributed by atoms with Crippen molar-refractivity contribution >= 4 is 11.6 Å². The third kappa shape index (κ3) is 2.44. The zero-order valence-electron chi connectivity index (χ0n) is 8.28. The van der Waals surface area contributed by atoms with Gasteiger partial charge in [0.15, 0.2) is 0 Å². The number of halogens is 3. The maximum atomic E-state index is 13.3. The average Bonchev–Trinajstić information content (AvgIpc) is 2.18. The van der Waals surface area contributed by atoms with E-state index >= 15 is 0 Å². The summed E-state index contributed by atoms with van der Waals surface area (Å²) in [4.78, 5) is 0. The van der Waals surface area contributed by atoms with Gasteiger partial charge in [-0.1, -0.05) is 31.9 Å². The van der Waals surface area contributed by atoms with Crippen LogP contribution < -0.4 is 0 Å². The first-order chi connectivity index (χ1) is 6.56. The molecule has 0 aromatic heterocycles. The lowest BCUT2D eigenvalue weighted by Crippen LogP contribution is -2.02. The van der Waals surface area contributed by atoms with E-state index < -0.39 is 11.6 Å². The molecule has 0 amide bonds. The van der Waals surface area contributed by atoms with E-state index in [2.05, 4.69) is 0 Å². The van der Waals surface area contributed by atoms with E-state index in [1.54, 1.807) is 0 Å². The largest absolute Gasteiger partial charge is 0.207 e. The Kier molecular flexibility index (Phi) is 3.87. The maximum Gasteiger partial charge on any atom is 0.142 e. The first-order valence-corrected chi connectivity index (χ1v) is 5.06. The Morgan fingerprint density at radius 2 is 1.86 bits per heavy atom. The number of benzene rings is 1. The van der Waals surface area contributed by atoms with E-state index in [0.29, 0.717) is 17.9 Å². The van der Waals surface area contributed by atoms with Crippen LogP contribution in [0.2, 0.25) is 5.02 Å². The highest BCUT2D eigenvalue weighted by molar-refractivity contribution is 6.31. The molecule has 1 aromatic rings. The molecule has 0 fully saturated rings. The van der Waals surface area contributed by atoms with Crippen molar-refractivity contribution in [2.45, 2.75) is 26.7 Å². The van der Waals surface area contributed by atoms with Gasteiger partial charge in [0.05, 0.1) is 5.02 Å². The van der Waals surface area contributed by atoms with Gasteiger partial charge in [0, 0.05) is 5.56 Å². The van der Waals surface area contributed by atoms with Crippen LogP contribution >= 0.6 is 11.6 Å². The molecule has 78 valence electrons. The molecule has 0 aliphatic carbocycles. The number of hydrogen-bond donors (Lipinski definition) is 0. The fourth-order valence-electron chi connectivity index (χ4n) is 1.25. The van der Waals surface area contributed by atoms with E-state index in [-0.39, 0.29) is 5.02 Å². The van der Waals surface area contributed by atoms with E-state index in [9.17, 15) is 8.78 Å². The minimum absolute atomic E-state index is 0.0784. The molecule has 0 saturated heterocycles. The Morgan fingerprint density at radius 1 is 1.29 bits per heavy atom. The van der Waals surface area contributed by atoms with Crippen LogP contribution in [0.4, 0.5) is 8.78 Å². The lowest BCUT2D eigenvalue weighted by molar-refractivity contribution is 0.524. The van der Waals surface area contributed by atoms with Crippen LogP contribution in [-0.4, -0.2) is 0 Å². The predicted molar refractivity (Wildman–Crippen MR) is 54.5 cm³/mol. The number of hydrogen-bond acceptors (Lipinski definition) is 0. The molecule has 0 heterocycles. The Balaban J connectivity index is 3.00. The van der Waals surface area contributed by atoms with Gasteiger partial charge in [0.1, 0.15) is 11.6 Å². The van der Waals surface area contributed by atoms with Crippen molar-refractivity contribution in [3.8, 4) is 0 Å². The van der Waals surface area contributed by atoms with E-state index in [1.807, 2.05) is 13.8 Å². The van der Waals surface area contributed by atoms with Crippen molar-refractivity contribution in [1.29, 1.82) is 0 Å². The summed E-state index contributed by atoms with van der Waals surface area (Å²) < 4.78 is 26.3. The highest BCUT2D eigenvalue weighted by Gasteiger charge is 2.13. The summed E-state index contributed by atoms with van der Waals surface area (Å²) in [5.74, 6) is -0.660. The molecule has 1 atom stereocenters. The molecular formula is C11H13ClF2. The summed E-state index contributed by atoms with van der Waals surface area (Å²) in [7, 11) is 0. The third-order valence-corrected chi connectivity index (χ3v) is 2.80. The van der Waals surface area contributed by atoms with Gasteiger partial charge >= 0.3 is 0 Å². The molecule has 0 radical (unpaired) electrons. The van der Waals surface area contributed by atoms with Gasteiger partial charge in [-0.25, -0.2) is 8.78 Å². The lowest BCUT2D eigenvalue weighted by atomic mass is 9.98. The molecule has 0 aliphatic rings. The summed E-state index contributed by atoms with van der Waals surface area (Å²) in [6.45, 7) is 4.00. The molecule has 0 nitrogen and oxygen atoms in total. The van der Waals surface area contributed by atoms with Crippen molar-refractivity contribution in [1.82, 2.24) is 0 Å². The minimum atomic E-state index is -0.550. The Morgan fingerprint density at radius 3 is 2.43 bits per heavy atom. The second kappa shape index (κ2) is 4.74. The highest BCUT2D eigenvalue weighted by atomic mass is 35.5. The van der Waals surface area contributed by atoms with Crippen LogP contribution in [0.5, 0.6) is 0 Å². The van der Waals surface area contributed by atoms with Crippen molar-refractivity contribution in [3.63, 3.8) is 0 Å². The Hall–Kier alpha value is -0.630. The second-order valence-corrected chi connectivity index (χ2v) is 3.92. The van der Waals surface area contributed by atoms with Crippen LogP contribution in [-0.2, 0) is 6.42 Å². The Labute approximate surface area is 87.9 Å². The van der Waals surface area contributed by atoms with Gasteiger partial charge in [0.2, 0.25) is 0 Å². The van der Waals surface area contributed by atoms with Crippen molar-refractivity contribution in [2.75, 3.05) is 0 Å². The fourth-order valence-corrected chi connectivity index (χ4v) is 1.48. The molecule has 0 saturated carbocycles. The molecule has 1 unspecified atom stereocenters. The van der Waals surface area contributed by atoms with Crippen LogP contribution in [0, 0.1) is 17.6 Å². The van der Waals surface area contributed by atoms with Gasteiger partial charge in [-0.2, -0.15) is 0 Å². The maximum absolute atomic E-state index is 13.3. The quantitative estimate of drug-likeness (QED) is 0.667. The summed E-state index contributed by atoms with van der Waals surface area (Å²) in [6.07, 6.45) is 1.41. The highest BCUT2D eigenvalue weighted by Crippen LogP contribution is 2.25. The SMILES string of the molecule is CCC(C)Cc1c(F)ccc(F)c1Cl. The van der Waals surface area contributed by atoms with Crippen LogP contribution in [0.25, 0.3) is 0 Å². The van der Waals surface area contributed by atoms with Crippen molar-refractivity contribution in [3.05, 3.63) is 34.4 Å². The molecule has 0 bridgehead atoms. The minimum Gasteiger partial charge on any atom is -0.207 e. The topological polar surface area (TPSA) is 0 Å². The zero-order chi connectivity index (χ0) is 10.7. The van der Waals surface area contributed by atoms with Gasteiger partial charge in [-0.3, -0.25) is 0 Å². The van der Waals surface area contributed by atoms with E-state index in [0.717, 1.165) is 18.6 Å². The van der Waals surface area contributed by atoms with E-state index in [1.165, 1.54) is 0 Å². The molecule has 0 spiro atoms. The normalized spacial score (nSPS) is 12.9. The standard InChI is InChI=1S/C11H13ClF2/c1-3-7(2)6-8-9(13)4-5-10(14)11(8)12/h4-5,7H,3,6H2,1-2H3. The second-order valence-electron chi connectivity index (χ2n) is 3.54. The third-order valence-electron chi connectivity index (χ3n) is 2.39. The smallest absolute Gasteiger partial charge is 0.142 e. The number of rotatable bonds is 3. The van der Waals surface area contributed by atoms with Crippen LogP contribution in [0.15, 0.2) is 12.1 Å². The Bertz CT molecular complexity index is 323. The monoisotopic (exact) mass is 218 g/mol. The molecule has 1 rings (SSSR count). The fraction of sp³-hybridized carbons (Fsp3) is 0.455. The molecule has 1 aromatic carbocycles. The average molecular weight is 219 g/mol. The van der Waals surface area contributed by atoms with Gasteiger partial charge < -0.3 is 0 Å². The van der Waals surface area contributed by atoms with Crippen LogP contribution in [0.1, 0.15) is 25.8 Å². The van der Waals surface area contributed by atoms with Crippen molar-refractivity contribution < 1.29 is 8.78 Å². The summed E-state index contributed by atoms with van der Waals surface area (Å²) in [5, 5.41) is -0.0784. The lowest BCUT2D eigenvalue weighted by Gasteiger charge is -2.11. The van der Waals surface area contributed by atoms with Crippen LogP contribution in [0.3, 0.4) is 0 Å². The first-order valence-electron chi connectivity index (χ1n) is 4.68. The molecule has 3 heteroatoms. The predicted octanol–water partition coefficient (Wildman–Crippen LogP) is 4.21.